The summed E-state index contributed by atoms with van der Waals surface area (Å²) in [5, 5.41) is 13.3. The molecule has 0 aliphatic carbocycles. The van der Waals surface area contributed by atoms with Gasteiger partial charge in [0.2, 0.25) is 10.0 Å². The molecule has 0 heterocycles. The molecule has 2 rings (SSSR count). The number of hydrogen-bond donors (Lipinski definition) is 3. The number of benzene rings is 2. The molecule has 0 spiro atoms. The summed E-state index contributed by atoms with van der Waals surface area (Å²) in [5.74, 6) is -0.149. The molecule has 0 radical (unpaired) electrons. The summed E-state index contributed by atoms with van der Waals surface area (Å²) in [4.78, 5) is 12.0. The smallest absolute Gasteiger partial charge is 0.271 e. The van der Waals surface area contributed by atoms with Gasteiger partial charge < -0.3 is 9.84 Å². The van der Waals surface area contributed by atoms with Crippen LogP contribution in [0.4, 0.5) is 5.69 Å². The fourth-order valence-electron chi connectivity index (χ4n) is 1.91. The van der Waals surface area contributed by atoms with Crippen molar-refractivity contribution >= 4 is 27.8 Å². The Balaban J connectivity index is 2.00. The summed E-state index contributed by atoms with van der Waals surface area (Å²) >= 11 is 0. The summed E-state index contributed by atoms with van der Waals surface area (Å²) in [6.45, 7) is 0. The van der Waals surface area contributed by atoms with Crippen LogP contribution in [0.1, 0.15) is 15.9 Å². The number of hydrazone groups is 1. The second kappa shape index (κ2) is 7.67. The molecule has 0 aromatic heterocycles. The minimum atomic E-state index is -3.37. The number of ether oxygens (including phenoxy) is 1. The van der Waals surface area contributed by atoms with E-state index in [4.69, 9.17) is 4.74 Å². The largest absolute Gasteiger partial charge is 0.504 e. The van der Waals surface area contributed by atoms with Crippen LogP contribution in [0.25, 0.3) is 0 Å². The number of rotatable bonds is 6. The zero-order valence-electron chi connectivity index (χ0n) is 13.6. The standard InChI is InChI=1S/C16H17N3O5S/c1-24-15-9-11(3-8-14(15)20)10-17-18-16(21)12-4-6-13(7-5-12)19-25(2,22)23/h3-10,19-20H,1-2H3,(H,18,21)/b17-10+. The fourth-order valence-corrected chi connectivity index (χ4v) is 2.47. The molecule has 25 heavy (non-hydrogen) atoms. The Bertz CT molecular complexity index is 892. The highest BCUT2D eigenvalue weighted by Crippen LogP contribution is 2.25. The van der Waals surface area contributed by atoms with E-state index in [1.54, 1.807) is 12.1 Å². The molecule has 2 aromatic rings. The third kappa shape index (κ3) is 5.50. The average molecular weight is 363 g/mol. The van der Waals surface area contributed by atoms with Crippen molar-refractivity contribution in [2.24, 2.45) is 5.10 Å². The molecule has 2 aromatic carbocycles. The molecule has 0 aliphatic rings. The summed E-state index contributed by atoms with van der Waals surface area (Å²) in [6.07, 6.45) is 2.44. The van der Waals surface area contributed by atoms with Crippen molar-refractivity contribution in [1.82, 2.24) is 5.43 Å². The van der Waals surface area contributed by atoms with E-state index in [1.807, 2.05) is 0 Å². The molecule has 0 aliphatic heterocycles. The lowest BCUT2D eigenvalue weighted by atomic mass is 10.2. The highest BCUT2D eigenvalue weighted by Gasteiger charge is 2.06. The molecule has 3 N–H and O–H groups in total. The first-order valence-corrected chi connectivity index (χ1v) is 8.96. The van der Waals surface area contributed by atoms with Crippen LogP contribution in [-0.4, -0.2) is 39.0 Å². The van der Waals surface area contributed by atoms with Crippen LogP contribution in [0, 0.1) is 0 Å². The van der Waals surface area contributed by atoms with E-state index in [0.717, 1.165) is 6.26 Å². The summed E-state index contributed by atoms with van der Waals surface area (Å²) < 4.78 is 29.5. The van der Waals surface area contributed by atoms with Gasteiger partial charge in [0.25, 0.3) is 5.91 Å². The Labute approximate surface area is 145 Å². The van der Waals surface area contributed by atoms with Crippen LogP contribution < -0.4 is 14.9 Å². The van der Waals surface area contributed by atoms with E-state index in [0.29, 0.717) is 22.6 Å². The third-order valence-electron chi connectivity index (χ3n) is 3.03. The van der Waals surface area contributed by atoms with Gasteiger partial charge in [0, 0.05) is 11.3 Å². The van der Waals surface area contributed by atoms with Gasteiger partial charge in [-0.3, -0.25) is 9.52 Å². The quantitative estimate of drug-likeness (QED) is 0.531. The van der Waals surface area contributed by atoms with E-state index in [1.165, 1.54) is 43.7 Å². The lowest BCUT2D eigenvalue weighted by Gasteiger charge is -2.05. The zero-order chi connectivity index (χ0) is 18.4. The van der Waals surface area contributed by atoms with Gasteiger partial charge in [-0.1, -0.05) is 0 Å². The molecule has 0 fully saturated rings. The molecule has 132 valence electrons. The number of carbonyl (C=O) groups is 1. The van der Waals surface area contributed by atoms with Gasteiger partial charge in [-0.2, -0.15) is 5.10 Å². The van der Waals surface area contributed by atoms with Crippen LogP contribution in [0.3, 0.4) is 0 Å². The SMILES string of the molecule is COc1cc(/C=N/NC(=O)c2ccc(NS(C)(=O)=O)cc2)ccc1O. The van der Waals surface area contributed by atoms with Crippen LogP contribution in [0.15, 0.2) is 47.6 Å². The number of hydrogen-bond acceptors (Lipinski definition) is 6. The number of phenols is 1. The van der Waals surface area contributed by atoms with Gasteiger partial charge >= 0.3 is 0 Å². The number of amides is 1. The minimum absolute atomic E-state index is 0.00600. The molecule has 0 saturated carbocycles. The van der Waals surface area contributed by atoms with Crippen LogP contribution in [0.5, 0.6) is 11.5 Å². The van der Waals surface area contributed by atoms with Crippen LogP contribution >= 0.6 is 0 Å². The van der Waals surface area contributed by atoms with E-state index >= 15 is 0 Å². The Kier molecular flexibility index (Phi) is 5.60. The number of phenolic OH excluding ortho intramolecular Hbond substituents is 1. The van der Waals surface area contributed by atoms with Crippen molar-refractivity contribution in [3.05, 3.63) is 53.6 Å². The molecule has 9 heteroatoms. The summed E-state index contributed by atoms with van der Waals surface area (Å²) in [6, 6.07) is 10.5. The third-order valence-corrected chi connectivity index (χ3v) is 3.64. The number of nitrogens with zero attached hydrogens (tertiary/aromatic N) is 1. The van der Waals surface area contributed by atoms with Crippen molar-refractivity contribution in [2.75, 3.05) is 18.1 Å². The fraction of sp³-hybridized carbons (Fsp3) is 0.125. The molecule has 8 nitrogen and oxygen atoms in total. The van der Waals surface area contributed by atoms with E-state index in [9.17, 15) is 18.3 Å². The number of carbonyl (C=O) groups excluding carboxylic acids is 1. The monoisotopic (exact) mass is 363 g/mol. The maximum Gasteiger partial charge on any atom is 0.271 e. The first kappa shape index (κ1) is 18.3. The molecular formula is C16H17N3O5S. The number of aromatic hydroxyl groups is 1. The van der Waals surface area contributed by atoms with Gasteiger partial charge in [-0.25, -0.2) is 13.8 Å². The van der Waals surface area contributed by atoms with Crippen molar-refractivity contribution in [3.8, 4) is 11.5 Å². The maximum absolute atomic E-state index is 12.0. The Morgan fingerprint density at radius 3 is 2.48 bits per heavy atom. The number of methoxy groups -OCH3 is 1. The highest BCUT2D eigenvalue weighted by molar-refractivity contribution is 7.92. The topological polar surface area (TPSA) is 117 Å². The Hall–Kier alpha value is -3.07. The average Bonchev–Trinajstić information content (AvgIpc) is 2.55. The van der Waals surface area contributed by atoms with Crippen molar-refractivity contribution < 1.29 is 23.1 Å². The predicted octanol–water partition coefficient (Wildman–Crippen LogP) is 1.54. The first-order valence-electron chi connectivity index (χ1n) is 7.07. The Morgan fingerprint density at radius 2 is 1.88 bits per heavy atom. The molecule has 0 bridgehead atoms. The molecule has 0 saturated heterocycles. The van der Waals surface area contributed by atoms with Crippen molar-refractivity contribution in [2.45, 2.75) is 0 Å². The van der Waals surface area contributed by atoms with Crippen LogP contribution in [-0.2, 0) is 10.0 Å². The van der Waals surface area contributed by atoms with Crippen molar-refractivity contribution in [3.63, 3.8) is 0 Å². The maximum atomic E-state index is 12.0. The lowest BCUT2D eigenvalue weighted by Crippen LogP contribution is -2.17. The number of sulfonamides is 1. The molecule has 0 atom stereocenters. The first-order chi connectivity index (χ1) is 11.8. The number of anilines is 1. The van der Waals surface area contributed by atoms with Gasteiger partial charge in [-0.05, 0) is 48.0 Å². The lowest BCUT2D eigenvalue weighted by molar-refractivity contribution is 0.0955. The van der Waals surface area contributed by atoms with E-state index < -0.39 is 15.9 Å². The second-order valence-electron chi connectivity index (χ2n) is 5.08. The highest BCUT2D eigenvalue weighted by atomic mass is 32.2. The summed E-state index contributed by atoms with van der Waals surface area (Å²) in [7, 11) is -1.94. The second-order valence-corrected chi connectivity index (χ2v) is 6.83. The summed E-state index contributed by atoms with van der Waals surface area (Å²) in [5.41, 5.74) is 3.66. The van der Waals surface area contributed by atoms with Crippen LogP contribution in [0.2, 0.25) is 0 Å². The molecular weight excluding hydrogens is 346 g/mol. The molecule has 0 unspecified atom stereocenters. The number of nitrogens with one attached hydrogen (secondary N) is 2. The normalized spacial score (nSPS) is 11.3. The van der Waals surface area contributed by atoms with Crippen molar-refractivity contribution in [1.29, 1.82) is 0 Å². The van der Waals surface area contributed by atoms with Gasteiger partial charge in [0.05, 0.1) is 19.6 Å². The van der Waals surface area contributed by atoms with E-state index in [2.05, 4.69) is 15.2 Å². The van der Waals surface area contributed by atoms with Gasteiger partial charge in [0.1, 0.15) is 0 Å². The Morgan fingerprint density at radius 1 is 1.20 bits per heavy atom. The zero-order valence-corrected chi connectivity index (χ0v) is 14.4. The predicted molar refractivity (Wildman–Crippen MR) is 94.6 cm³/mol. The van der Waals surface area contributed by atoms with Gasteiger partial charge in [0.15, 0.2) is 11.5 Å². The van der Waals surface area contributed by atoms with Gasteiger partial charge in [-0.15, -0.1) is 0 Å². The minimum Gasteiger partial charge on any atom is -0.504 e. The molecule has 1 amide bonds. The van der Waals surface area contributed by atoms with E-state index in [-0.39, 0.29) is 5.75 Å².